The van der Waals surface area contributed by atoms with Crippen LogP contribution in [0, 0.1) is 5.92 Å². The van der Waals surface area contributed by atoms with Crippen LogP contribution < -0.4 is 10.1 Å². The summed E-state index contributed by atoms with van der Waals surface area (Å²) < 4.78 is 32.0. The quantitative estimate of drug-likeness (QED) is 0.665. The molecule has 2 atom stereocenters. The maximum atomic E-state index is 13.1. The Morgan fingerprint density at radius 3 is 2.31 bits per heavy atom. The molecule has 0 aliphatic carbocycles. The van der Waals surface area contributed by atoms with Gasteiger partial charge in [-0.2, -0.15) is 0 Å². The first kappa shape index (κ1) is 22.9. The van der Waals surface area contributed by atoms with Gasteiger partial charge in [0.2, 0.25) is 15.9 Å². The van der Waals surface area contributed by atoms with Crippen molar-refractivity contribution in [1.29, 1.82) is 0 Å². The molecule has 0 heterocycles. The van der Waals surface area contributed by atoms with Crippen molar-refractivity contribution in [2.75, 3.05) is 26.0 Å². The van der Waals surface area contributed by atoms with Crippen LogP contribution in [-0.2, 0) is 14.8 Å². The minimum Gasteiger partial charge on any atom is -0.492 e. The van der Waals surface area contributed by atoms with Crippen LogP contribution in [0.25, 0.3) is 0 Å². The molecule has 29 heavy (non-hydrogen) atoms. The normalized spacial score (nSPS) is 13.7. The SMILES string of the molecule is CCOc1ccc(NC(=O)[C@H](c2ccccc2)[C@@H](C)CC)cc1S(=O)(=O)N(C)C. The van der Waals surface area contributed by atoms with Gasteiger partial charge in [0.05, 0.1) is 12.5 Å². The highest BCUT2D eigenvalue weighted by atomic mass is 32.2. The van der Waals surface area contributed by atoms with Gasteiger partial charge in [0, 0.05) is 19.8 Å². The highest BCUT2D eigenvalue weighted by Crippen LogP contribution is 2.32. The van der Waals surface area contributed by atoms with E-state index in [0.29, 0.717) is 12.3 Å². The van der Waals surface area contributed by atoms with Gasteiger partial charge in [-0.1, -0.05) is 50.6 Å². The van der Waals surface area contributed by atoms with Crippen molar-refractivity contribution in [3.05, 3.63) is 54.1 Å². The van der Waals surface area contributed by atoms with E-state index in [-0.39, 0.29) is 28.4 Å². The van der Waals surface area contributed by atoms with E-state index in [2.05, 4.69) is 5.32 Å². The Morgan fingerprint density at radius 2 is 1.76 bits per heavy atom. The van der Waals surface area contributed by atoms with Crippen LogP contribution in [0.1, 0.15) is 38.7 Å². The van der Waals surface area contributed by atoms with Crippen LogP contribution >= 0.6 is 0 Å². The minimum absolute atomic E-state index is 0.0296. The molecule has 2 rings (SSSR count). The number of hydrogen-bond acceptors (Lipinski definition) is 4. The van der Waals surface area contributed by atoms with E-state index in [4.69, 9.17) is 4.74 Å². The highest BCUT2D eigenvalue weighted by molar-refractivity contribution is 7.89. The fourth-order valence-electron chi connectivity index (χ4n) is 3.11. The van der Waals surface area contributed by atoms with Gasteiger partial charge in [0.1, 0.15) is 10.6 Å². The molecule has 1 N–H and O–H groups in total. The summed E-state index contributed by atoms with van der Waals surface area (Å²) in [6.45, 7) is 6.22. The molecule has 0 aliphatic heterocycles. The number of carbonyl (C=O) groups is 1. The lowest BCUT2D eigenvalue weighted by Gasteiger charge is -2.23. The van der Waals surface area contributed by atoms with E-state index < -0.39 is 10.0 Å². The third-order valence-corrected chi connectivity index (χ3v) is 6.76. The average Bonchev–Trinajstić information content (AvgIpc) is 2.69. The fraction of sp³-hybridized carbons (Fsp3) is 0.409. The molecular weight excluding hydrogens is 388 g/mol. The number of rotatable bonds is 9. The summed E-state index contributed by atoms with van der Waals surface area (Å²) in [5, 5.41) is 2.90. The van der Waals surface area contributed by atoms with Gasteiger partial charge in [-0.05, 0) is 36.6 Å². The van der Waals surface area contributed by atoms with Gasteiger partial charge in [-0.3, -0.25) is 4.79 Å². The van der Waals surface area contributed by atoms with Gasteiger partial charge in [0.15, 0.2) is 0 Å². The summed E-state index contributed by atoms with van der Waals surface area (Å²) in [7, 11) is -0.798. The topological polar surface area (TPSA) is 75.7 Å². The molecule has 0 bridgehead atoms. The smallest absolute Gasteiger partial charge is 0.246 e. The molecule has 0 unspecified atom stereocenters. The molecule has 0 aromatic heterocycles. The van der Waals surface area contributed by atoms with Crippen molar-refractivity contribution in [1.82, 2.24) is 4.31 Å². The van der Waals surface area contributed by atoms with Gasteiger partial charge in [0.25, 0.3) is 0 Å². The van der Waals surface area contributed by atoms with Crippen LogP contribution in [0.5, 0.6) is 5.75 Å². The number of nitrogens with one attached hydrogen (secondary N) is 1. The molecule has 2 aromatic rings. The van der Waals surface area contributed by atoms with Crippen LogP contribution in [0.15, 0.2) is 53.4 Å². The van der Waals surface area contributed by atoms with Crippen LogP contribution in [0.4, 0.5) is 5.69 Å². The zero-order valence-corrected chi connectivity index (χ0v) is 18.5. The maximum Gasteiger partial charge on any atom is 0.246 e. The first-order chi connectivity index (χ1) is 13.7. The molecule has 0 saturated heterocycles. The second-order valence-corrected chi connectivity index (χ2v) is 9.27. The molecular formula is C22H30N2O4S. The lowest BCUT2D eigenvalue weighted by Crippen LogP contribution is -2.27. The molecule has 0 spiro atoms. The second kappa shape index (κ2) is 9.89. The van der Waals surface area contributed by atoms with E-state index in [1.807, 2.05) is 44.2 Å². The summed E-state index contributed by atoms with van der Waals surface area (Å²) >= 11 is 0. The van der Waals surface area contributed by atoms with Crippen molar-refractivity contribution >= 4 is 21.6 Å². The number of ether oxygens (including phenoxy) is 1. The number of amides is 1. The third-order valence-electron chi connectivity index (χ3n) is 4.92. The number of carbonyl (C=O) groups excluding carboxylic acids is 1. The summed E-state index contributed by atoms with van der Waals surface area (Å²) in [6.07, 6.45) is 0.844. The Labute approximate surface area is 173 Å². The Hall–Kier alpha value is -2.38. The Bertz CT molecular complexity index is 927. The summed E-state index contributed by atoms with van der Waals surface area (Å²) in [6, 6.07) is 14.3. The van der Waals surface area contributed by atoms with Crippen molar-refractivity contribution in [2.24, 2.45) is 5.92 Å². The van der Waals surface area contributed by atoms with Gasteiger partial charge in [-0.15, -0.1) is 0 Å². The molecule has 158 valence electrons. The molecule has 2 aromatic carbocycles. The van der Waals surface area contributed by atoms with Crippen molar-refractivity contribution < 1.29 is 17.9 Å². The zero-order chi connectivity index (χ0) is 21.6. The summed E-state index contributed by atoms with van der Waals surface area (Å²) in [5.41, 5.74) is 1.36. The number of benzene rings is 2. The summed E-state index contributed by atoms with van der Waals surface area (Å²) in [5.74, 6) is -0.101. The standard InChI is InChI=1S/C22H30N2O4S/c1-6-16(3)21(17-11-9-8-10-12-17)22(25)23-18-13-14-19(28-7-2)20(15-18)29(26,27)24(4)5/h8-16,21H,6-7H2,1-5H3,(H,23,25)/t16-,21-/m0/s1. The van der Waals surface area contributed by atoms with E-state index in [1.165, 1.54) is 20.2 Å². The average molecular weight is 419 g/mol. The maximum absolute atomic E-state index is 13.1. The van der Waals surface area contributed by atoms with Crippen molar-refractivity contribution in [3.63, 3.8) is 0 Å². The Morgan fingerprint density at radius 1 is 1.10 bits per heavy atom. The largest absolute Gasteiger partial charge is 0.492 e. The zero-order valence-electron chi connectivity index (χ0n) is 17.7. The number of sulfonamides is 1. The molecule has 0 aliphatic rings. The predicted octanol–water partition coefficient (Wildman–Crippen LogP) is 4.10. The predicted molar refractivity (Wildman–Crippen MR) is 116 cm³/mol. The Balaban J connectivity index is 2.40. The molecule has 6 nitrogen and oxygen atoms in total. The number of nitrogens with zero attached hydrogens (tertiary/aromatic N) is 1. The van der Waals surface area contributed by atoms with Gasteiger partial charge in [-0.25, -0.2) is 12.7 Å². The van der Waals surface area contributed by atoms with E-state index in [1.54, 1.807) is 19.1 Å². The second-order valence-electron chi connectivity index (χ2n) is 7.15. The van der Waals surface area contributed by atoms with E-state index in [9.17, 15) is 13.2 Å². The first-order valence-electron chi connectivity index (χ1n) is 9.77. The fourth-order valence-corrected chi connectivity index (χ4v) is 4.16. The monoisotopic (exact) mass is 418 g/mol. The third kappa shape index (κ3) is 5.36. The minimum atomic E-state index is -3.72. The van der Waals surface area contributed by atoms with Gasteiger partial charge >= 0.3 is 0 Å². The molecule has 0 radical (unpaired) electrons. The van der Waals surface area contributed by atoms with Gasteiger partial charge < -0.3 is 10.1 Å². The van der Waals surface area contributed by atoms with E-state index in [0.717, 1.165) is 16.3 Å². The number of anilines is 1. The highest BCUT2D eigenvalue weighted by Gasteiger charge is 2.27. The van der Waals surface area contributed by atoms with Crippen molar-refractivity contribution in [2.45, 2.75) is 38.0 Å². The van der Waals surface area contributed by atoms with Crippen molar-refractivity contribution in [3.8, 4) is 5.75 Å². The molecule has 0 saturated carbocycles. The van der Waals surface area contributed by atoms with Crippen LogP contribution in [0.3, 0.4) is 0 Å². The lowest BCUT2D eigenvalue weighted by atomic mass is 9.85. The number of hydrogen-bond donors (Lipinski definition) is 1. The van der Waals surface area contributed by atoms with Crippen LogP contribution in [0.2, 0.25) is 0 Å². The summed E-state index contributed by atoms with van der Waals surface area (Å²) in [4.78, 5) is 13.1. The molecule has 0 fully saturated rings. The molecule has 7 heteroatoms. The van der Waals surface area contributed by atoms with E-state index >= 15 is 0 Å². The first-order valence-corrected chi connectivity index (χ1v) is 11.2. The lowest BCUT2D eigenvalue weighted by molar-refractivity contribution is -0.118. The van der Waals surface area contributed by atoms with Crippen LogP contribution in [-0.4, -0.2) is 39.3 Å². The Kier molecular flexibility index (Phi) is 7.81. The molecule has 1 amide bonds.